The Balaban J connectivity index is 1.53. The largest absolute Gasteiger partial charge is 0.465 e. The van der Waals surface area contributed by atoms with Gasteiger partial charge in [-0.15, -0.1) is 0 Å². The van der Waals surface area contributed by atoms with Crippen LogP contribution in [0.2, 0.25) is 0 Å². The van der Waals surface area contributed by atoms with E-state index in [1.165, 1.54) is 24.6 Å². The van der Waals surface area contributed by atoms with Crippen molar-refractivity contribution in [1.82, 2.24) is 0 Å². The predicted octanol–water partition coefficient (Wildman–Crippen LogP) is 7.36. The molecule has 0 radical (unpaired) electrons. The summed E-state index contributed by atoms with van der Waals surface area (Å²) in [6.07, 6.45) is 0.579. The van der Waals surface area contributed by atoms with E-state index in [9.17, 15) is 13.2 Å². The first-order valence-corrected chi connectivity index (χ1v) is 14.6. The van der Waals surface area contributed by atoms with E-state index in [0.29, 0.717) is 34.9 Å². The van der Waals surface area contributed by atoms with E-state index in [4.69, 9.17) is 9.47 Å². The zero-order valence-electron chi connectivity index (χ0n) is 22.1. The number of rotatable bonds is 10. The van der Waals surface area contributed by atoms with Gasteiger partial charge in [0.05, 0.1) is 28.9 Å². The summed E-state index contributed by atoms with van der Waals surface area (Å²) in [5.41, 5.74) is 4.31. The van der Waals surface area contributed by atoms with E-state index in [1.54, 1.807) is 60.7 Å². The minimum Gasteiger partial charge on any atom is -0.465 e. The summed E-state index contributed by atoms with van der Waals surface area (Å²) in [7, 11) is -2.41. The molecule has 0 unspecified atom stereocenters. The quantitative estimate of drug-likeness (QED) is 0.154. The molecule has 2 N–H and O–H groups in total. The van der Waals surface area contributed by atoms with Crippen LogP contribution in [-0.4, -0.2) is 21.5 Å². The molecular weight excluding hydrogens is 532 g/mol. The summed E-state index contributed by atoms with van der Waals surface area (Å²) in [6.45, 7) is 5.86. The van der Waals surface area contributed by atoms with Crippen LogP contribution in [0.4, 0.5) is 11.4 Å². The molecule has 4 aromatic carbocycles. The van der Waals surface area contributed by atoms with Crippen LogP contribution in [0.1, 0.15) is 34.0 Å². The maximum absolute atomic E-state index is 12.9. The molecule has 39 heavy (non-hydrogen) atoms. The van der Waals surface area contributed by atoms with Crippen molar-refractivity contribution < 1.29 is 22.7 Å². The molecule has 0 aromatic heterocycles. The summed E-state index contributed by atoms with van der Waals surface area (Å²) < 4.78 is 42.7. The van der Waals surface area contributed by atoms with Crippen molar-refractivity contribution >= 4 is 39.3 Å². The number of esters is 1. The molecule has 0 fully saturated rings. The summed E-state index contributed by atoms with van der Waals surface area (Å²) in [4.78, 5) is 13.7. The number of carbonyl (C=O) groups excluding carboxylic acids is 1. The van der Waals surface area contributed by atoms with Gasteiger partial charge in [0.15, 0.2) is 0 Å². The topological polar surface area (TPSA) is 93.7 Å². The van der Waals surface area contributed by atoms with Gasteiger partial charge < -0.3 is 14.2 Å². The average Bonchev–Trinajstić information content (AvgIpc) is 2.93. The van der Waals surface area contributed by atoms with Gasteiger partial charge in [-0.1, -0.05) is 42.3 Å². The van der Waals surface area contributed by atoms with E-state index in [2.05, 4.69) is 9.44 Å². The Morgan fingerprint density at radius 2 is 1.41 bits per heavy atom. The molecule has 0 atom stereocenters. The fraction of sp³-hybridized carbons (Fsp3) is 0.167. The SMILES string of the molecule is CCc1cc(Oc2ccc(NSc3ccc(C)cc3)c(C(=O)OC)c2)ccc1NS(=O)(=O)c1ccc(C)cc1. The lowest BCUT2D eigenvalue weighted by Gasteiger charge is -2.15. The minimum atomic E-state index is -3.74. The van der Waals surface area contributed by atoms with E-state index in [1.807, 2.05) is 45.0 Å². The van der Waals surface area contributed by atoms with Crippen LogP contribution >= 0.6 is 11.9 Å². The highest BCUT2D eigenvalue weighted by molar-refractivity contribution is 8.00. The van der Waals surface area contributed by atoms with Gasteiger partial charge in [-0.3, -0.25) is 4.72 Å². The number of sulfonamides is 1. The van der Waals surface area contributed by atoms with E-state index in [-0.39, 0.29) is 4.90 Å². The Morgan fingerprint density at radius 1 is 0.821 bits per heavy atom. The molecule has 202 valence electrons. The number of hydrogen-bond donors (Lipinski definition) is 2. The highest BCUT2D eigenvalue weighted by Crippen LogP contribution is 2.32. The Morgan fingerprint density at radius 3 is 2.03 bits per heavy atom. The second-order valence-corrected chi connectivity index (χ2v) is 11.5. The van der Waals surface area contributed by atoms with Crippen molar-refractivity contribution in [2.75, 3.05) is 16.6 Å². The number of methoxy groups -OCH3 is 1. The molecule has 0 heterocycles. The van der Waals surface area contributed by atoms with Gasteiger partial charge in [0.2, 0.25) is 0 Å². The third kappa shape index (κ3) is 7.13. The third-order valence-electron chi connectivity index (χ3n) is 5.97. The summed E-state index contributed by atoms with van der Waals surface area (Å²) >= 11 is 1.39. The van der Waals surface area contributed by atoms with Crippen molar-refractivity contribution in [3.05, 3.63) is 107 Å². The maximum atomic E-state index is 12.9. The molecule has 9 heteroatoms. The van der Waals surface area contributed by atoms with E-state index in [0.717, 1.165) is 16.0 Å². The van der Waals surface area contributed by atoms with Crippen molar-refractivity contribution in [2.45, 2.75) is 37.0 Å². The van der Waals surface area contributed by atoms with Crippen molar-refractivity contribution in [3.8, 4) is 11.5 Å². The number of nitrogens with one attached hydrogen (secondary N) is 2. The van der Waals surface area contributed by atoms with Crippen LogP contribution in [-0.2, 0) is 21.2 Å². The number of benzene rings is 4. The van der Waals surface area contributed by atoms with Crippen molar-refractivity contribution in [2.24, 2.45) is 0 Å². The molecule has 0 aliphatic rings. The minimum absolute atomic E-state index is 0.194. The molecule has 0 saturated heterocycles. The smallest absolute Gasteiger partial charge is 0.340 e. The molecule has 0 aliphatic heterocycles. The number of aryl methyl sites for hydroxylation is 3. The summed E-state index contributed by atoms with van der Waals surface area (Å²) in [5, 5.41) is 0. The summed E-state index contributed by atoms with van der Waals surface area (Å²) in [5.74, 6) is 0.453. The fourth-order valence-electron chi connectivity index (χ4n) is 3.76. The lowest BCUT2D eigenvalue weighted by atomic mass is 10.1. The first-order chi connectivity index (χ1) is 18.7. The monoisotopic (exact) mass is 562 g/mol. The van der Waals surface area contributed by atoms with Crippen LogP contribution in [0.3, 0.4) is 0 Å². The molecule has 0 aliphatic carbocycles. The highest BCUT2D eigenvalue weighted by atomic mass is 32.2. The Kier molecular flexibility index (Phi) is 8.83. The maximum Gasteiger partial charge on any atom is 0.340 e. The zero-order chi connectivity index (χ0) is 28.0. The standard InChI is InChI=1S/C30H30N2O5S2/c1-5-22-18-23(10-16-28(22)32-39(34,35)26-14-8-21(3)9-15-26)37-24-11-17-29(27(19-24)30(33)36-4)31-38-25-12-6-20(2)7-13-25/h6-19,31-32H,5H2,1-4H3. The lowest BCUT2D eigenvalue weighted by molar-refractivity contribution is 0.0601. The van der Waals surface area contributed by atoms with Gasteiger partial charge >= 0.3 is 5.97 Å². The van der Waals surface area contributed by atoms with Crippen LogP contribution in [0, 0.1) is 13.8 Å². The second-order valence-electron chi connectivity index (χ2n) is 8.91. The van der Waals surface area contributed by atoms with Gasteiger partial charge in [-0.2, -0.15) is 0 Å². The fourth-order valence-corrected chi connectivity index (χ4v) is 5.54. The molecule has 4 rings (SSSR count). The average molecular weight is 563 g/mol. The number of anilines is 2. The molecule has 0 bridgehead atoms. The van der Waals surface area contributed by atoms with Crippen LogP contribution in [0.15, 0.2) is 94.7 Å². The highest BCUT2D eigenvalue weighted by Gasteiger charge is 2.17. The van der Waals surface area contributed by atoms with Gasteiger partial charge in [0.1, 0.15) is 11.5 Å². The van der Waals surface area contributed by atoms with Crippen LogP contribution in [0.25, 0.3) is 0 Å². The molecule has 4 aromatic rings. The number of hydrogen-bond acceptors (Lipinski definition) is 7. The third-order valence-corrected chi connectivity index (χ3v) is 8.18. The van der Waals surface area contributed by atoms with E-state index < -0.39 is 16.0 Å². The molecule has 0 spiro atoms. The lowest BCUT2D eigenvalue weighted by Crippen LogP contribution is -2.14. The molecular formula is C30H30N2O5S2. The van der Waals surface area contributed by atoms with E-state index >= 15 is 0 Å². The van der Waals surface area contributed by atoms with Gasteiger partial charge in [-0.25, -0.2) is 13.2 Å². The summed E-state index contributed by atoms with van der Waals surface area (Å²) in [6, 6.07) is 25.0. The Labute approximate surface area is 233 Å². The molecule has 0 amide bonds. The van der Waals surface area contributed by atoms with Gasteiger partial charge in [-0.05, 0) is 98.4 Å². The Bertz CT molecular complexity index is 1570. The number of carbonyl (C=O) groups is 1. The zero-order valence-corrected chi connectivity index (χ0v) is 23.8. The second kappa shape index (κ2) is 12.3. The van der Waals surface area contributed by atoms with Crippen LogP contribution < -0.4 is 14.2 Å². The Hall–Kier alpha value is -3.95. The number of ether oxygens (including phenoxy) is 2. The van der Waals surface area contributed by atoms with Crippen LogP contribution in [0.5, 0.6) is 11.5 Å². The first kappa shape index (κ1) is 28.1. The van der Waals surface area contributed by atoms with Crippen molar-refractivity contribution in [1.29, 1.82) is 0 Å². The van der Waals surface area contributed by atoms with Gasteiger partial charge in [0, 0.05) is 4.90 Å². The first-order valence-electron chi connectivity index (χ1n) is 12.3. The normalized spacial score (nSPS) is 11.1. The molecule has 7 nitrogen and oxygen atoms in total. The molecule has 0 saturated carbocycles. The van der Waals surface area contributed by atoms with Crippen molar-refractivity contribution in [3.63, 3.8) is 0 Å². The van der Waals surface area contributed by atoms with Gasteiger partial charge in [0.25, 0.3) is 10.0 Å². The predicted molar refractivity (Wildman–Crippen MR) is 156 cm³/mol.